The summed E-state index contributed by atoms with van der Waals surface area (Å²) in [6.45, 7) is 2.34. The molecule has 0 unspecified atom stereocenters. The lowest BCUT2D eigenvalue weighted by Gasteiger charge is -2.21. The van der Waals surface area contributed by atoms with Crippen molar-refractivity contribution in [2.75, 3.05) is 18.5 Å². The summed E-state index contributed by atoms with van der Waals surface area (Å²) in [4.78, 5) is 24.1. The highest BCUT2D eigenvalue weighted by Crippen LogP contribution is 2.18. The predicted molar refractivity (Wildman–Crippen MR) is 95.1 cm³/mol. The number of hydrogen-bond acceptors (Lipinski definition) is 4. The number of nitrogens with one attached hydrogen (secondary N) is 2. The summed E-state index contributed by atoms with van der Waals surface area (Å²) in [7, 11) is 0. The molecule has 0 radical (unpaired) electrons. The monoisotopic (exact) mass is 332 g/mol. The molecule has 24 heavy (non-hydrogen) atoms. The molecule has 132 valence electrons. The molecule has 1 aromatic rings. The minimum atomic E-state index is -0.415. The van der Waals surface area contributed by atoms with Crippen LogP contribution in [0.5, 0.6) is 0 Å². The molecule has 2 N–H and O–H groups in total. The molecule has 1 aliphatic rings. The molecule has 2 rings (SSSR count). The van der Waals surface area contributed by atoms with Crippen LogP contribution in [0, 0.1) is 0 Å². The van der Waals surface area contributed by atoms with Crippen molar-refractivity contribution in [1.82, 2.24) is 5.32 Å². The lowest BCUT2D eigenvalue weighted by atomic mass is 9.97. The number of esters is 1. The Hall–Kier alpha value is -1.88. The van der Waals surface area contributed by atoms with Gasteiger partial charge in [-0.05, 0) is 31.9 Å². The first-order valence-corrected chi connectivity index (χ1v) is 9.00. The fourth-order valence-electron chi connectivity index (χ4n) is 3.07. The first kappa shape index (κ1) is 18.5. The highest BCUT2D eigenvalue weighted by Gasteiger charge is 2.15. The van der Waals surface area contributed by atoms with Gasteiger partial charge in [0.15, 0.2) is 0 Å². The highest BCUT2D eigenvalue weighted by molar-refractivity contribution is 6.01. The molecule has 0 heterocycles. The number of benzene rings is 1. The van der Waals surface area contributed by atoms with Gasteiger partial charge in [0, 0.05) is 6.04 Å². The van der Waals surface area contributed by atoms with E-state index in [1.807, 2.05) is 0 Å². The maximum atomic E-state index is 12.2. The number of rotatable bonds is 6. The van der Waals surface area contributed by atoms with Crippen LogP contribution in [0.15, 0.2) is 24.3 Å². The lowest BCUT2D eigenvalue weighted by molar-refractivity contribution is -0.115. The van der Waals surface area contributed by atoms with Crippen LogP contribution in [0.4, 0.5) is 5.69 Å². The molecule has 0 bridgehead atoms. The van der Waals surface area contributed by atoms with Crippen LogP contribution in [0.2, 0.25) is 0 Å². The zero-order chi connectivity index (χ0) is 17.2. The molecular formula is C19H28N2O3. The number of para-hydroxylation sites is 1. The molecule has 0 atom stereocenters. The SMILES string of the molecule is CCOC(=O)c1ccccc1NC(=O)CNC1CCCCCCC1. The zero-order valence-corrected chi connectivity index (χ0v) is 14.5. The zero-order valence-electron chi connectivity index (χ0n) is 14.5. The van der Waals surface area contributed by atoms with E-state index in [2.05, 4.69) is 10.6 Å². The van der Waals surface area contributed by atoms with Crippen LogP contribution >= 0.6 is 0 Å². The topological polar surface area (TPSA) is 67.4 Å². The van der Waals surface area contributed by atoms with E-state index in [0.29, 0.717) is 23.9 Å². The molecule has 1 aliphatic carbocycles. The van der Waals surface area contributed by atoms with Crippen LogP contribution in [-0.4, -0.2) is 31.1 Å². The minimum absolute atomic E-state index is 0.131. The fraction of sp³-hybridized carbons (Fsp3) is 0.579. The average Bonchev–Trinajstić information content (AvgIpc) is 2.54. The molecule has 5 nitrogen and oxygen atoms in total. The van der Waals surface area contributed by atoms with Crippen molar-refractivity contribution >= 4 is 17.6 Å². The fourth-order valence-corrected chi connectivity index (χ4v) is 3.07. The van der Waals surface area contributed by atoms with Gasteiger partial charge < -0.3 is 15.4 Å². The Morgan fingerprint density at radius 2 is 1.75 bits per heavy atom. The average molecular weight is 332 g/mol. The first-order valence-electron chi connectivity index (χ1n) is 9.00. The summed E-state index contributed by atoms with van der Waals surface area (Å²) in [6.07, 6.45) is 8.63. The molecule has 0 aromatic heterocycles. The van der Waals surface area contributed by atoms with Gasteiger partial charge in [-0.2, -0.15) is 0 Å². The van der Waals surface area contributed by atoms with Crippen molar-refractivity contribution < 1.29 is 14.3 Å². The molecule has 0 aliphatic heterocycles. The molecule has 5 heteroatoms. The van der Waals surface area contributed by atoms with E-state index in [4.69, 9.17) is 4.74 Å². The second kappa shape index (κ2) is 10.1. The summed E-state index contributed by atoms with van der Waals surface area (Å²) in [6, 6.07) is 7.35. The van der Waals surface area contributed by atoms with Gasteiger partial charge in [-0.15, -0.1) is 0 Å². The molecule has 1 aromatic carbocycles. The third-order valence-electron chi connectivity index (χ3n) is 4.35. The summed E-state index contributed by atoms with van der Waals surface area (Å²) in [5.41, 5.74) is 0.888. The van der Waals surface area contributed by atoms with Gasteiger partial charge in [-0.3, -0.25) is 4.79 Å². The van der Waals surface area contributed by atoms with Gasteiger partial charge >= 0.3 is 5.97 Å². The number of hydrogen-bond donors (Lipinski definition) is 2. The summed E-state index contributed by atoms with van der Waals surface area (Å²) < 4.78 is 5.03. The Balaban J connectivity index is 1.86. The van der Waals surface area contributed by atoms with E-state index in [1.165, 1.54) is 32.1 Å². The molecular weight excluding hydrogens is 304 g/mol. The van der Waals surface area contributed by atoms with Crippen molar-refractivity contribution in [2.45, 2.75) is 57.9 Å². The maximum Gasteiger partial charge on any atom is 0.340 e. The van der Waals surface area contributed by atoms with Gasteiger partial charge in [-0.25, -0.2) is 4.79 Å². The Morgan fingerprint density at radius 1 is 1.08 bits per heavy atom. The summed E-state index contributed by atoms with van der Waals surface area (Å²) in [5, 5.41) is 6.17. The minimum Gasteiger partial charge on any atom is -0.462 e. The number of anilines is 1. The van der Waals surface area contributed by atoms with Crippen LogP contribution in [0.25, 0.3) is 0 Å². The quantitative estimate of drug-likeness (QED) is 0.782. The second-order valence-electron chi connectivity index (χ2n) is 6.24. The highest BCUT2D eigenvalue weighted by atomic mass is 16.5. The van der Waals surface area contributed by atoms with E-state index in [9.17, 15) is 9.59 Å². The van der Waals surface area contributed by atoms with Gasteiger partial charge in [0.25, 0.3) is 0 Å². The van der Waals surface area contributed by atoms with E-state index in [0.717, 1.165) is 12.8 Å². The van der Waals surface area contributed by atoms with Crippen LogP contribution in [-0.2, 0) is 9.53 Å². The van der Waals surface area contributed by atoms with Gasteiger partial charge in [0.2, 0.25) is 5.91 Å². The standard InChI is InChI=1S/C19H28N2O3/c1-2-24-19(23)16-12-8-9-13-17(16)21-18(22)14-20-15-10-6-4-3-5-7-11-15/h8-9,12-13,15,20H,2-7,10-11,14H2,1H3,(H,21,22). The maximum absolute atomic E-state index is 12.2. The smallest absolute Gasteiger partial charge is 0.340 e. The Kier molecular flexibility index (Phi) is 7.75. The molecule has 1 amide bonds. The number of carbonyl (C=O) groups excluding carboxylic acids is 2. The normalized spacial score (nSPS) is 16.0. The van der Waals surface area contributed by atoms with Gasteiger partial charge in [0.1, 0.15) is 0 Å². The van der Waals surface area contributed by atoms with Crippen LogP contribution in [0.3, 0.4) is 0 Å². The predicted octanol–water partition coefficient (Wildman–Crippen LogP) is 3.50. The lowest BCUT2D eigenvalue weighted by Crippen LogP contribution is -2.36. The third-order valence-corrected chi connectivity index (χ3v) is 4.35. The first-order chi connectivity index (χ1) is 11.7. The Labute approximate surface area is 144 Å². The van der Waals surface area contributed by atoms with Crippen molar-refractivity contribution in [3.05, 3.63) is 29.8 Å². The van der Waals surface area contributed by atoms with E-state index < -0.39 is 5.97 Å². The van der Waals surface area contributed by atoms with E-state index >= 15 is 0 Å². The van der Waals surface area contributed by atoms with Crippen LogP contribution in [0.1, 0.15) is 62.2 Å². The van der Waals surface area contributed by atoms with E-state index in [-0.39, 0.29) is 12.5 Å². The van der Waals surface area contributed by atoms with Crippen molar-refractivity contribution in [2.24, 2.45) is 0 Å². The second-order valence-corrected chi connectivity index (χ2v) is 6.24. The van der Waals surface area contributed by atoms with Crippen molar-refractivity contribution in [3.8, 4) is 0 Å². The third kappa shape index (κ3) is 5.96. The Morgan fingerprint density at radius 3 is 2.46 bits per heavy atom. The Bertz CT molecular complexity index is 537. The number of amides is 1. The largest absolute Gasteiger partial charge is 0.462 e. The molecule has 1 saturated carbocycles. The van der Waals surface area contributed by atoms with Crippen molar-refractivity contribution in [1.29, 1.82) is 0 Å². The number of carbonyl (C=O) groups is 2. The van der Waals surface area contributed by atoms with Crippen molar-refractivity contribution in [3.63, 3.8) is 0 Å². The summed E-state index contributed by atoms with van der Waals surface area (Å²) in [5.74, 6) is -0.546. The molecule has 1 fully saturated rings. The molecule has 0 spiro atoms. The van der Waals surface area contributed by atoms with E-state index in [1.54, 1.807) is 31.2 Å². The van der Waals surface area contributed by atoms with Gasteiger partial charge in [-0.1, -0.05) is 44.2 Å². The number of ether oxygens (including phenoxy) is 1. The van der Waals surface area contributed by atoms with Crippen LogP contribution < -0.4 is 10.6 Å². The van der Waals surface area contributed by atoms with Gasteiger partial charge in [0.05, 0.1) is 24.4 Å². The molecule has 0 saturated heterocycles. The summed E-state index contributed by atoms with van der Waals surface area (Å²) >= 11 is 0.